The summed E-state index contributed by atoms with van der Waals surface area (Å²) in [6.45, 7) is 2.64. The summed E-state index contributed by atoms with van der Waals surface area (Å²) >= 11 is 0. The third-order valence-corrected chi connectivity index (χ3v) is 3.37. The van der Waals surface area contributed by atoms with Crippen molar-refractivity contribution in [1.29, 1.82) is 0 Å². The lowest BCUT2D eigenvalue weighted by atomic mass is 10.2. The fraction of sp³-hybridized carbons (Fsp3) is 0.429. The van der Waals surface area contributed by atoms with Gasteiger partial charge in [0.05, 0.1) is 13.2 Å². The van der Waals surface area contributed by atoms with Crippen LogP contribution < -0.4 is 4.90 Å². The number of hydrogen-bond donors (Lipinski definition) is 1. The van der Waals surface area contributed by atoms with Crippen molar-refractivity contribution in [2.45, 2.75) is 13.0 Å². The van der Waals surface area contributed by atoms with Crippen molar-refractivity contribution >= 4 is 17.7 Å². The van der Waals surface area contributed by atoms with Crippen LogP contribution in [0.1, 0.15) is 5.56 Å². The van der Waals surface area contributed by atoms with Gasteiger partial charge < -0.3 is 14.7 Å². The van der Waals surface area contributed by atoms with Gasteiger partial charge in [0.25, 0.3) is 0 Å². The van der Waals surface area contributed by atoms with Gasteiger partial charge in [-0.05, 0) is 19.1 Å². The van der Waals surface area contributed by atoms with E-state index in [9.17, 15) is 9.59 Å². The number of carboxylic acid groups (broad SMARTS) is 1. The summed E-state index contributed by atoms with van der Waals surface area (Å²) in [5.74, 6) is -1.05. The number of aryl methyl sites for hydroxylation is 1. The van der Waals surface area contributed by atoms with E-state index < -0.39 is 12.0 Å². The van der Waals surface area contributed by atoms with E-state index in [1.165, 1.54) is 9.80 Å². The highest BCUT2D eigenvalue weighted by molar-refractivity contribution is 5.94. The lowest BCUT2D eigenvalue weighted by molar-refractivity contribution is -0.147. The largest absolute Gasteiger partial charge is 0.480 e. The van der Waals surface area contributed by atoms with Gasteiger partial charge in [0, 0.05) is 19.3 Å². The second-order valence-corrected chi connectivity index (χ2v) is 4.80. The molecule has 0 saturated carbocycles. The minimum atomic E-state index is -1.05. The summed E-state index contributed by atoms with van der Waals surface area (Å²) in [6.07, 6.45) is 0. The zero-order valence-electron chi connectivity index (χ0n) is 11.6. The second kappa shape index (κ2) is 5.92. The van der Waals surface area contributed by atoms with Crippen molar-refractivity contribution in [3.05, 3.63) is 29.8 Å². The number of nitrogens with zero attached hydrogens (tertiary/aromatic N) is 2. The molecule has 6 heteroatoms. The maximum Gasteiger partial charge on any atom is 0.328 e. The zero-order valence-corrected chi connectivity index (χ0v) is 11.6. The fourth-order valence-electron chi connectivity index (χ4n) is 2.11. The van der Waals surface area contributed by atoms with Crippen LogP contribution in [-0.2, 0) is 9.53 Å². The Morgan fingerprint density at radius 1 is 1.35 bits per heavy atom. The molecule has 1 fully saturated rings. The lowest BCUT2D eigenvalue weighted by Gasteiger charge is -2.35. The average molecular weight is 278 g/mol. The molecule has 1 N–H and O–H groups in total. The van der Waals surface area contributed by atoms with Crippen molar-refractivity contribution in [3.8, 4) is 0 Å². The summed E-state index contributed by atoms with van der Waals surface area (Å²) in [5.41, 5.74) is 1.83. The number of urea groups is 1. The molecule has 1 heterocycles. The van der Waals surface area contributed by atoms with E-state index in [4.69, 9.17) is 9.84 Å². The highest BCUT2D eigenvalue weighted by atomic mass is 16.5. The Kier molecular flexibility index (Phi) is 4.24. The zero-order chi connectivity index (χ0) is 14.7. The molecule has 1 saturated heterocycles. The molecule has 0 bridgehead atoms. The normalized spacial score (nSPS) is 18.7. The number of morpholine rings is 1. The van der Waals surface area contributed by atoms with Crippen LogP contribution in [0.2, 0.25) is 0 Å². The summed E-state index contributed by atoms with van der Waals surface area (Å²) < 4.78 is 5.13. The van der Waals surface area contributed by atoms with Crippen molar-refractivity contribution in [1.82, 2.24) is 4.90 Å². The maximum absolute atomic E-state index is 12.4. The molecule has 1 aliphatic heterocycles. The lowest BCUT2D eigenvalue weighted by Crippen LogP contribution is -2.56. The molecule has 1 atom stereocenters. The maximum atomic E-state index is 12.4. The Morgan fingerprint density at radius 2 is 2.00 bits per heavy atom. The van der Waals surface area contributed by atoms with Crippen molar-refractivity contribution in [2.24, 2.45) is 0 Å². The summed E-state index contributed by atoms with van der Waals surface area (Å²) in [6, 6.07) is 6.24. The van der Waals surface area contributed by atoms with Crippen molar-refractivity contribution in [2.75, 3.05) is 31.7 Å². The molecule has 20 heavy (non-hydrogen) atoms. The molecule has 1 aliphatic rings. The molecule has 1 unspecified atom stereocenters. The number of anilines is 1. The fourth-order valence-corrected chi connectivity index (χ4v) is 2.11. The first-order valence-corrected chi connectivity index (χ1v) is 6.42. The third kappa shape index (κ3) is 2.91. The van der Waals surface area contributed by atoms with E-state index in [0.717, 1.165) is 11.3 Å². The minimum absolute atomic E-state index is 0.0306. The first kappa shape index (κ1) is 14.3. The molecule has 0 radical (unpaired) electrons. The molecule has 108 valence electrons. The molecule has 2 rings (SSSR count). The number of carbonyl (C=O) groups excluding carboxylic acids is 1. The smallest absolute Gasteiger partial charge is 0.328 e. The van der Waals surface area contributed by atoms with Crippen LogP contribution in [0.25, 0.3) is 0 Å². The predicted molar refractivity (Wildman–Crippen MR) is 73.9 cm³/mol. The Balaban J connectivity index is 2.16. The van der Waals surface area contributed by atoms with Crippen molar-refractivity contribution in [3.63, 3.8) is 0 Å². The molecule has 2 amide bonds. The van der Waals surface area contributed by atoms with Gasteiger partial charge >= 0.3 is 12.0 Å². The number of ether oxygens (including phenoxy) is 1. The average Bonchev–Trinajstić information content (AvgIpc) is 2.46. The molecular weight excluding hydrogens is 260 g/mol. The Labute approximate surface area is 117 Å². The topological polar surface area (TPSA) is 70.1 Å². The third-order valence-electron chi connectivity index (χ3n) is 3.37. The summed E-state index contributed by atoms with van der Waals surface area (Å²) in [5, 5.41) is 9.15. The van der Waals surface area contributed by atoms with Gasteiger partial charge in [-0.25, -0.2) is 9.59 Å². The number of hydrogen-bond acceptors (Lipinski definition) is 3. The van der Waals surface area contributed by atoms with Gasteiger partial charge in [0.1, 0.15) is 0 Å². The van der Waals surface area contributed by atoms with Gasteiger partial charge in [0.15, 0.2) is 6.04 Å². The minimum Gasteiger partial charge on any atom is -0.480 e. The predicted octanol–water partition coefficient (Wildman–Crippen LogP) is 1.34. The van der Waals surface area contributed by atoms with Gasteiger partial charge in [-0.2, -0.15) is 0 Å². The van der Waals surface area contributed by atoms with E-state index in [1.54, 1.807) is 7.05 Å². The van der Waals surface area contributed by atoms with E-state index in [0.29, 0.717) is 6.61 Å². The SMILES string of the molecule is Cc1ccc(N(C)C(=O)N2CCOCC2C(=O)O)cc1. The van der Waals surface area contributed by atoms with E-state index >= 15 is 0 Å². The molecule has 1 aromatic rings. The monoisotopic (exact) mass is 278 g/mol. The Hall–Kier alpha value is -2.08. The van der Waals surface area contributed by atoms with Gasteiger partial charge in [-0.1, -0.05) is 17.7 Å². The van der Waals surface area contributed by atoms with Crippen LogP contribution in [0, 0.1) is 6.92 Å². The Morgan fingerprint density at radius 3 is 2.60 bits per heavy atom. The standard InChI is InChI=1S/C14H18N2O4/c1-10-3-5-11(6-4-10)15(2)14(19)16-7-8-20-9-12(16)13(17)18/h3-6,12H,7-9H2,1-2H3,(H,17,18). The van der Waals surface area contributed by atoms with E-state index in [2.05, 4.69) is 0 Å². The highest BCUT2D eigenvalue weighted by Crippen LogP contribution is 2.17. The first-order valence-electron chi connectivity index (χ1n) is 6.42. The first-order chi connectivity index (χ1) is 9.50. The van der Waals surface area contributed by atoms with Crippen LogP contribution >= 0.6 is 0 Å². The number of aliphatic carboxylic acids is 1. The van der Waals surface area contributed by atoms with Crippen LogP contribution in [0.15, 0.2) is 24.3 Å². The quantitative estimate of drug-likeness (QED) is 0.886. The van der Waals surface area contributed by atoms with E-state index in [-0.39, 0.29) is 19.2 Å². The van der Waals surface area contributed by atoms with Crippen LogP contribution in [0.3, 0.4) is 0 Å². The summed E-state index contributed by atoms with van der Waals surface area (Å²) in [4.78, 5) is 26.4. The van der Waals surface area contributed by atoms with Gasteiger partial charge in [-0.15, -0.1) is 0 Å². The molecule has 1 aromatic carbocycles. The second-order valence-electron chi connectivity index (χ2n) is 4.80. The molecule has 6 nitrogen and oxygen atoms in total. The highest BCUT2D eigenvalue weighted by Gasteiger charge is 2.34. The summed E-state index contributed by atoms with van der Waals surface area (Å²) in [7, 11) is 1.64. The molecular formula is C14H18N2O4. The van der Waals surface area contributed by atoms with Gasteiger partial charge in [-0.3, -0.25) is 4.90 Å². The van der Waals surface area contributed by atoms with Crippen LogP contribution in [0.4, 0.5) is 10.5 Å². The van der Waals surface area contributed by atoms with Crippen molar-refractivity contribution < 1.29 is 19.4 Å². The van der Waals surface area contributed by atoms with E-state index in [1.807, 2.05) is 31.2 Å². The van der Waals surface area contributed by atoms with Gasteiger partial charge in [0.2, 0.25) is 0 Å². The molecule has 0 spiro atoms. The number of amides is 2. The number of rotatable bonds is 2. The molecule has 0 aliphatic carbocycles. The number of carbonyl (C=O) groups is 2. The number of carboxylic acids is 1. The number of benzene rings is 1. The van der Waals surface area contributed by atoms with Crippen LogP contribution in [-0.4, -0.2) is 54.9 Å². The molecule has 0 aromatic heterocycles. The van der Waals surface area contributed by atoms with Crippen LogP contribution in [0.5, 0.6) is 0 Å². The Bertz CT molecular complexity index is 500.